The Labute approximate surface area is 112 Å². The van der Waals surface area contributed by atoms with Crippen molar-refractivity contribution < 1.29 is 4.74 Å². The van der Waals surface area contributed by atoms with Gasteiger partial charge in [0.1, 0.15) is 17.2 Å². The van der Waals surface area contributed by atoms with Crippen LogP contribution < -0.4 is 4.74 Å². The topological polar surface area (TPSA) is 76.1 Å². The van der Waals surface area contributed by atoms with E-state index in [0.717, 1.165) is 0 Å². The Morgan fingerprint density at radius 1 is 1.32 bits per heavy atom. The molecule has 2 heterocycles. The van der Waals surface area contributed by atoms with Crippen LogP contribution in [-0.4, -0.2) is 19.6 Å². The molecule has 0 amide bonds. The van der Waals surface area contributed by atoms with E-state index < -0.39 is 0 Å². The van der Waals surface area contributed by atoms with Crippen molar-refractivity contribution in [2.45, 2.75) is 0 Å². The monoisotopic (exact) mass is 271 g/mol. The third-order valence-corrected chi connectivity index (χ3v) is 2.57. The van der Waals surface area contributed by atoms with Crippen molar-refractivity contribution >= 4 is 17.4 Å². The second kappa shape index (κ2) is 4.55. The van der Waals surface area contributed by atoms with E-state index in [1.165, 1.54) is 16.9 Å². The summed E-state index contributed by atoms with van der Waals surface area (Å²) in [6, 6.07) is 10.4. The molecule has 2 aromatic heterocycles. The lowest BCUT2D eigenvalue weighted by molar-refractivity contribution is 0.446. The van der Waals surface area contributed by atoms with Crippen LogP contribution in [0.15, 0.2) is 36.7 Å². The first kappa shape index (κ1) is 11.4. The summed E-state index contributed by atoms with van der Waals surface area (Å²) in [4.78, 5) is 7.93. The molecule has 0 radical (unpaired) electrons. The summed E-state index contributed by atoms with van der Waals surface area (Å²) in [5, 5.41) is 13.1. The van der Waals surface area contributed by atoms with Gasteiger partial charge >= 0.3 is 0 Å². The summed E-state index contributed by atoms with van der Waals surface area (Å²) < 4.78 is 7.08. The smallest absolute Gasteiger partial charge is 0.256 e. The number of nitriles is 1. The van der Waals surface area contributed by atoms with Gasteiger partial charge in [-0.1, -0.05) is 17.7 Å². The fraction of sp³-hybridized carbons (Fsp3) is 0. The van der Waals surface area contributed by atoms with E-state index in [1.807, 2.05) is 6.07 Å². The van der Waals surface area contributed by atoms with Crippen LogP contribution in [0.2, 0.25) is 5.15 Å². The number of rotatable bonds is 2. The van der Waals surface area contributed by atoms with Crippen molar-refractivity contribution in [2.75, 3.05) is 0 Å². The van der Waals surface area contributed by atoms with Crippen molar-refractivity contribution in [3.05, 3.63) is 47.4 Å². The minimum atomic E-state index is 0.256. The third-order valence-electron chi connectivity index (χ3n) is 2.37. The number of hydrogen-bond acceptors (Lipinski definition) is 5. The SMILES string of the molecule is N#Cc1cccc(Oc2cc(Cl)nc3ncnn23)c1. The van der Waals surface area contributed by atoms with E-state index >= 15 is 0 Å². The first-order chi connectivity index (χ1) is 9.26. The van der Waals surface area contributed by atoms with Crippen molar-refractivity contribution in [1.82, 2.24) is 19.6 Å². The highest BCUT2D eigenvalue weighted by Crippen LogP contribution is 2.24. The van der Waals surface area contributed by atoms with Crippen LogP contribution in [0.25, 0.3) is 5.78 Å². The van der Waals surface area contributed by atoms with Gasteiger partial charge in [0.15, 0.2) is 0 Å². The Kier molecular flexibility index (Phi) is 2.74. The van der Waals surface area contributed by atoms with Gasteiger partial charge in [-0.05, 0) is 18.2 Å². The second-order valence-corrected chi connectivity index (χ2v) is 4.02. The lowest BCUT2D eigenvalue weighted by Gasteiger charge is -2.07. The zero-order valence-corrected chi connectivity index (χ0v) is 10.2. The van der Waals surface area contributed by atoms with E-state index in [-0.39, 0.29) is 5.15 Å². The summed E-state index contributed by atoms with van der Waals surface area (Å²) in [6.07, 6.45) is 1.36. The molecule has 0 saturated carbocycles. The molecule has 0 saturated heterocycles. The van der Waals surface area contributed by atoms with Crippen molar-refractivity contribution in [2.24, 2.45) is 0 Å². The molecule has 92 valence electrons. The van der Waals surface area contributed by atoms with Gasteiger partial charge in [-0.2, -0.15) is 24.8 Å². The van der Waals surface area contributed by atoms with E-state index in [0.29, 0.717) is 23.0 Å². The number of nitrogens with zero attached hydrogens (tertiary/aromatic N) is 5. The Balaban J connectivity index is 2.05. The Hall–Kier alpha value is -2.65. The van der Waals surface area contributed by atoms with Gasteiger partial charge in [0, 0.05) is 6.07 Å². The number of halogens is 1. The molecule has 7 heteroatoms. The highest BCUT2D eigenvalue weighted by atomic mass is 35.5. The Morgan fingerprint density at radius 3 is 3.05 bits per heavy atom. The van der Waals surface area contributed by atoms with Crippen LogP contribution in [-0.2, 0) is 0 Å². The molecule has 0 atom stereocenters. The van der Waals surface area contributed by atoms with Gasteiger partial charge in [-0.3, -0.25) is 0 Å². The summed E-state index contributed by atoms with van der Waals surface area (Å²) >= 11 is 5.88. The van der Waals surface area contributed by atoms with Gasteiger partial charge < -0.3 is 4.74 Å². The van der Waals surface area contributed by atoms with E-state index in [4.69, 9.17) is 21.6 Å². The maximum Gasteiger partial charge on any atom is 0.256 e. The maximum absolute atomic E-state index is 8.85. The van der Waals surface area contributed by atoms with Crippen molar-refractivity contribution in [1.29, 1.82) is 5.26 Å². The standard InChI is InChI=1S/C12H6ClN5O/c13-10-5-11(18-12(17-10)15-7-16-18)19-9-3-1-2-8(4-9)6-14/h1-5,7H. The molecule has 0 aliphatic carbocycles. The first-order valence-corrected chi connectivity index (χ1v) is 5.68. The molecule has 0 aliphatic rings. The maximum atomic E-state index is 8.85. The van der Waals surface area contributed by atoms with E-state index in [9.17, 15) is 0 Å². The molecule has 6 nitrogen and oxygen atoms in total. The summed E-state index contributed by atoms with van der Waals surface area (Å²) in [6.45, 7) is 0. The fourth-order valence-corrected chi connectivity index (χ4v) is 1.75. The highest BCUT2D eigenvalue weighted by molar-refractivity contribution is 6.29. The van der Waals surface area contributed by atoms with Gasteiger partial charge in [0.2, 0.25) is 5.88 Å². The normalized spacial score (nSPS) is 10.3. The summed E-state index contributed by atoms with van der Waals surface area (Å²) in [5.41, 5.74) is 0.507. The molecule has 3 rings (SSSR count). The molecule has 0 unspecified atom stereocenters. The summed E-state index contributed by atoms with van der Waals surface area (Å²) in [5.74, 6) is 1.24. The summed E-state index contributed by atoms with van der Waals surface area (Å²) in [7, 11) is 0. The Morgan fingerprint density at radius 2 is 2.21 bits per heavy atom. The quantitative estimate of drug-likeness (QED) is 0.669. The number of benzene rings is 1. The number of fused-ring (bicyclic) bond motifs is 1. The van der Waals surface area contributed by atoms with Crippen LogP contribution in [0.3, 0.4) is 0 Å². The third kappa shape index (κ3) is 2.19. The minimum Gasteiger partial charge on any atom is -0.439 e. The molecule has 3 aromatic rings. The molecular weight excluding hydrogens is 266 g/mol. The van der Waals surface area contributed by atoms with Gasteiger partial charge in [0.25, 0.3) is 5.78 Å². The zero-order valence-electron chi connectivity index (χ0n) is 9.49. The molecule has 0 fully saturated rings. The lowest BCUT2D eigenvalue weighted by atomic mass is 10.2. The van der Waals surface area contributed by atoms with E-state index in [2.05, 4.69) is 15.1 Å². The van der Waals surface area contributed by atoms with Crippen molar-refractivity contribution in [3.8, 4) is 17.7 Å². The predicted octanol–water partition coefficient (Wildman–Crippen LogP) is 2.44. The van der Waals surface area contributed by atoms with Crippen LogP contribution >= 0.6 is 11.6 Å². The van der Waals surface area contributed by atoms with Gasteiger partial charge in [-0.15, -0.1) is 0 Å². The average Bonchev–Trinajstić information content (AvgIpc) is 2.87. The molecule has 0 spiro atoms. The number of hydrogen-bond donors (Lipinski definition) is 0. The number of ether oxygens (including phenoxy) is 1. The van der Waals surface area contributed by atoms with Crippen LogP contribution in [0.1, 0.15) is 5.56 Å². The molecule has 1 aromatic carbocycles. The van der Waals surface area contributed by atoms with Crippen LogP contribution in [0, 0.1) is 11.3 Å². The highest BCUT2D eigenvalue weighted by Gasteiger charge is 2.08. The second-order valence-electron chi connectivity index (χ2n) is 3.63. The molecule has 0 N–H and O–H groups in total. The molecule has 0 bridgehead atoms. The average molecular weight is 272 g/mol. The Bertz CT molecular complexity index is 792. The van der Waals surface area contributed by atoms with Crippen LogP contribution in [0.5, 0.6) is 11.6 Å². The fourth-order valence-electron chi connectivity index (χ4n) is 1.58. The lowest BCUT2D eigenvalue weighted by Crippen LogP contribution is -1.98. The number of aromatic nitrogens is 4. The molecule has 19 heavy (non-hydrogen) atoms. The molecule has 0 aliphatic heterocycles. The van der Waals surface area contributed by atoms with Gasteiger partial charge in [0.05, 0.1) is 11.6 Å². The largest absolute Gasteiger partial charge is 0.439 e. The van der Waals surface area contributed by atoms with Gasteiger partial charge in [-0.25, -0.2) is 0 Å². The van der Waals surface area contributed by atoms with Crippen molar-refractivity contribution in [3.63, 3.8) is 0 Å². The predicted molar refractivity (Wildman–Crippen MR) is 67.0 cm³/mol. The minimum absolute atomic E-state index is 0.256. The van der Waals surface area contributed by atoms with E-state index in [1.54, 1.807) is 24.3 Å². The molecular formula is C12H6ClN5O. The first-order valence-electron chi connectivity index (χ1n) is 5.30. The van der Waals surface area contributed by atoms with Crippen LogP contribution in [0.4, 0.5) is 0 Å². The zero-order chi connectivity index (χ0) is 13.2.